The van der Waals surface area contributed by atoms with Crippen LogP contribution in [0.2, 0.25) is 0 Å². The maximum Gasteiger partial charge on any atom is 0.236 e. The molecule has 1 aliphatic heterocycles. The number of nitrogens with zero attached hydrogens (tertiary/aromatic N) is 1. The van der Waals surface area contributed by atoms with Crippen LogP contribution in [0.4, 0.5) is 0 Å². The molecule has 2 rings (SSSR count). The second-order valence-electron chi connectivity index (χ2n) is 4.29. The maximum absolute atomic E-state index is 11.6. The second kappa shape index (κ2) is 4.28. The molecule has 0 aromatic heterocycles. The van der Waals surface area contributed by atoms with E-state index < -0.39 is 0 Å². The molecule has 2 fully saturated rings. The molecule has 0 spiro atoms. The van der Waals surface area contributed by atoms with Gasteiger partial charge in [0.1, 0.15) is 0 Å². The lowest BCUT2D eigenvalue weighted by molar-refractivity contribution is -0.133. The first kappa shape index (κ1) is 9.93. The lowest BCUT2D eigenvalue weighted by Gasteiger charge is -2.30. The summed E-state index contributed by atoms with van der Waals surface area (Å²) in [6.07, 6.45) is 3.86. The molecule has 14 heavy (non-hydrogen) atoms. The fourth-order valence-electron chi connectivity index (χ4n) is 1.81. The number of β-amino-alcohol motifs (C(OH)–C–C–N with tert-alkyl or cyclic N) is 1. The van der Waals surface area contributed by atoms with E-state index in [1.165, 1.54) is 12.8 Å². The van der Waals surface area contributed by atoms with Crippen LogP contribution in [0.25, 0.3) is 0 Å². The Bertz CT molecular complexity index is 216. The zero-order valence-electron chi connectivity index (χ0n) is 8.41. The number of carbonyl (C=O) groups excluding carboxylic acids is 1. The first-order valence-corrected chi connectivity index (χ1v) is 5.45. The van der Waals surface area contributed by atoms with E-state index in [0.717, 1.165) is 19.4 Å². The van der Waals surface area contributed by atoms with Crippen molar-refractivity contribution < 1.29 is 9.90 Å². The third kappa shape index (κ3) is 2.69. The summed E-state index contributed by atoms with van der Waals surface area (Å²) in [7, 11) is 0. The van der Waals surface area contributed by atoms with Crippen molar-refractivity contribution in [1.82, 2.24) is 10.2 Å². The molecule has 2 aliphatic rings. The molecule has 0 aromatic rings. The van der Waals surface area contributed by atoms with E-state index >= 15 is 0 Å². The number of carbonyl (C=O) groups is 1. The highest BCUT2D eigenvalue weighted by Crippen LogP contribution is 2.18. The lowest BCUT2D eigenvalue weighted by atomic mass is 10.1. The standard InChI is InChI=1S/C10H18N2O2/c13-9-2-1-5-12(7-9)10(14)6-11-8-3-4-8/h8-9,11,13H,1-7H2/t9-/m0/s1. The van der Waals surface area contributed by atoms with E-state index in [2.05, 4.69) is 5.32 Å². The Labute approximate surface area is 84.3 Å². The molecule has 0 bridgehead atoms. The van der Waals surface area contributed by atoms with Gasteiger partial charge in [0, 0.05) is 19.1 Å². The van der Waals surface area contributed by atoms with E-state index in [1.807, 2.05) is 0 Å². The first-order chi connectivity index (χ1) is 6.75. The fraction of sp³-hybridized carbons (Fsp3) is 0.900. The van der Waals surface area contributed by atoms with Crippen LogP contribution in [0.5, 0.6) is 0 Å². The summed E-state index contributed by atoms with van der Waals surface area (Å²) >= 11 is 0. The van der Waals surface area contributed by atoms with Crippen molar-refractivity contribution in [3.05, 3.63) is 0 Å². The molecule has 0 unspecified atom stereocenters. The Morgan fingerprint density at radius 1 is 1.43 bits per heavy atom. The number of hydrogen-bond acceptors (Lipinski definition) is 3. The highest BCUT2D eigenvalue weighted by Gasteiger charge is 2.25. The van der Waals surface area contributed by atoms with Gasteiger partial charge in [0.2, 0.25) is 5.91 Å². The molecule has 1 saturated carbocycles. The Kier molecular flexibility index (Phi) is 3.03. The van der Waals surface area contributed by atoms with Crippen molar-refractivity contribution in [2.24, 2.45) is 0 Å². The topological polar surface area (TPSA) is 52.6 Å². The number of hydrogen-bond donors (Lipinski definition) is 2. The summed E-state index contributed by atoms with van der Waals surface area (Å²) in [5, 5.41) is 12.6. The van der Waals surface area contributed by atoms with Gasteiger partial charge in [-0.05, 0) is 25.7 Å². The molecule has 2 N–H and O–H groups in total. The smallest absolute Gasteiger partial charge is 0.236 e. The second-order valence-corrected chi connectivity index (χ2v) is 4.29. The number of aliphatic hydroxyl groups is 1. The molecule has 80 valence electrons. The average molecular weight is 198 g/mol. The number of aliphatic hydroxyl groups excluding tert-OH is 1. The monoisotopic (exact) mass is 198 g/mol. The number of piperidine rings is 1. The zero-order chi connectivity index (χ0) is 9.97. The average Bonchev–Trinajstić information content (AvgIpc) is 2.97. The van der Waals surface area contributed by atoms with Crippen LogP contribution in [0, 0.1) is 0 Å². The van der Waals surface area contributed by atoms with Crippen molar-refractivity contribution in [1.29, 1.82) is 0 Å². The third-order valence-electron chi connectivity index (χ3n) is 2.87. The number of amides is 1. The first-order valence-electron chi connectivity index (χ1n) is 5.45. The summed E-state index contributed by atoms with van der Waals surface area (Å²) < 4.78 is 0. The van der Waals surface area contributed by atoms with Gasteiger partial charge in [-0.3, -0.25) is 4.79 Å². The largest absolute Gasteiger partial charge is 0.391 e. The molecule has 4 nitrogen and oxygen atoms in total. The quantitative estimate of drug-likeness (QED) is 0.656. The molecule has 0 radical (unpaired) electrons. The summed E-state index contributed by atoms with van der Waals surface area (Å²) in [5.41, 5.74) is 0. The number of rotatable bonds is 3. The van der Waals surface area contributed by atoms with Crippen LogP contribution in [0.15, 0.2) is 0 Å². The zero-order valence-corrected chi connectivity index (χ0v) is 8.41. The van der Waals surface area contributed by atoms with Crippen molar-refractivity contribution in [2.45, 2.75) is 37.8 Å². The van der Waals surface area contributed by atoms with Crippen LogP contribution < -0.4 is 5.32 Å². The molecular formula is C10H18N2O2. The minimum atomic E-state index is -0.311. The van der Waals surface area contributed by atoms with E-state index in [4.69, 9.17) is 0 Å². The van der Waals surface area contributed by atoms with Crippen LogP contribution in [-0.2, 0) is 4.79 Å². The van der Waals surface area contributed by atoms with Gasteiger partial charge in [0.15, 0.2) is 0 Å². The molecule has 1 heterocycles. The van der Waals surface area contributed by atoms with Crippen molar-refractivity contribution in [3.63, 3.8) is 0 Å². The van der Waals surface area contributed by atoms with Gasteiger partial charge in [-0.25, -0.2) is 0 Å². The number of nitrogens with one attached hydrogen (secondary N) is 1. The van der Waals surface area contributed by atoms with E-state index in [-0.39, 0.29) is 12.0 Å². The lowest BCUT2D eigenvalue weighted by Crippen LogP contribution is -2.45. The Hall–Kier alpha value is -0.610. The molecule has 1 saturated heterocycles. The van der Waals surface area contributed by atoms with Gasteiger partial charge in [-0.2, -0.15) is 0 Å². The van der Waals surface area contributed by atoms with Crippen LogP contribution in [-0.4, -0.2) is 47.7 Å². The molecule has 0 aromatic carbocycles. The van der Waals surface area contributed by atoms with Crippen molar-refractivity contribution in [3.8, 4) is 0 Å². The highest BCUT2D eigenvalue weighted by molar-refractivity contribution is 5.78. The molecule has 1 amide bonds. The van der Waals surface area contributed by atoms with Crippen LogP contribution in [0.1, 0.15) is 25.7 Å². The summed E-state index contributed by atoms with van der Waals surface area (Å²) in [6, 6.07) is 0.577. The van der Waals surface area contributed by atoms with Gasteiger partial charge >= 0.3 is 0 Å². The Morgan fingerprint density at radius 2 is 2.21 bits per heavy atom. The van der Waals surface area contributed by atoms with Gasteiger partial charge in [-0.15, -0.1) is 0 Å². The predicted octanol–water partition coefficient (Wildman–Crippen LogP) is -0.278. The van der Waals surface area contributed by atoms with Gasteiger partial charge in [-0.1, -0.05) is 0 Å². The van der Waals surface area contributed by atoms with Crippen LogP contribution >= 0.6 is 0 Å². The molecule has 4 heteroatoms. The fourth-order valence-corrected chi connectivity index (χ4v) is 1.81. The molecule has 1 aliphatic carbocycles. The summed E-state index contributed by atoms with van der Waals surface area (Å²) in [4.78, 5) is 13.4. The summed E-state index contributed by atoms with van der Waals surface area (Å²) in [6.45, 7) is 1.77. The minimum absolute atomic E-state index is 0.135. The third-order valence-corrected chi connectivity index (χ3v) is 2.87. The van der Waals surface area contributed by atoms with Gasteiger partial charge < -0.3 is 15.3 Å². The highest BCUT2D eigenvalue weighted by atomic mass is 16.3. The molecular weight excluding hydrogens is 180 g/mol. The van der Waals surface area contributed by atoms with E-state index in [9.17, 15) is 9.90 Å². The van der Waals surface area contributed by atoms with Gasteiger partial charge in [0.05, 0.1) is 12.6 Å². The SMILES string of the molecule is O=C(CNC1CC1)N1CCC[C@H](O)C1. The Balaban J connectivity index is 1.71. The Morgan fingerprint density at radius 3 is 2.86 bits per heavy atom. The van der Waals surface area contributed by atoms with Crippen LogP contribution in [0.3, 0.4) is 0 Å². The van der Waals surface area contributed by atoms with E-state index in [0.29, 0.717) is 19.1 Å². The number of likely N-dealkylation sites (tertiary alicyclic amines) is 1. The van der Waals surface area contributed by atoms with Crippen molar-refractivity contribution in [2.75, 3.05) is 19.6 Å². The van der Waals surface area contributed by atoms with Gasteiger partial charge in [0.25, 0.3) is 0 Å². The molecule has 1 atom stereocenters. The van der Waals surface area contributed by atoms with E-state index in [1.54, 1.807) is 4.90 Å². The minimum Gasteiger partial charge on any atom is -0.391 e. The predicted molar refractivity (Wildman–Crippen MR) is 52.8 cm³/mol. The maximum atomic E-state index is 11.6. The normalized spacial score (nSPS) is 27.8. The van der Waals surface area contributed by atoms with Crippen molar-refractivity contribution >= 4 is 5.91 Å². The summed E-state index contributed by atoms with van der Waals surface area (Å²) in [5.74, 6) is 0.135.